The first-order chi connectivity index (χ1) is 14.9. The number of anilines is 1. The van der Waals surface area contributed by atoms with E-state index in [-0.39, 0.29) is 5.91 Å². The molecule has 0 atom stereocenters. The van der Waals surface area contributed by atoms with E-state index in [1.165, 1.54) is 0 Å². The lowest BCUT2D eigenvalue weighted by atomic mass is 10.1. The number of ether oxygens (including phenoxy) is 3. The molecule has 0 aliphatic rings. The summed E-state index contributed by atoms with van der Waals surface area (Å²) >= 11 is 0. The molecule has 1 amide bonds. The molecule has 0 saturated heterocycles. The Kier molecular flexibility index (Phi) is 6.64. The molecule has 1 aromatic carbocycles. The van der Waals surface area contributed by atoms with E-state index in [4.69, 9.17) is 18.7 Å². The second-order valence-electron chi connectivity index (χ2n) is 6.96. The van der Waals surface area contributed by atoms with Gasteiger partial charge in [-0.05, 0) is 32.9 Å². The summed E-state index contributed by atoms with van der Waals surface area (Å²) in [5.74, 6) is 2.15. The quantitative estimate of drug-likeness (QED) is 0.549. The predicted molar refractivity (Wildman–Crippen MR) is 116 cm³/mol. The van der Waals surface area contributed by atoms with Gasteiger partial charge >= 0.3 is 0 Å². The van der Waals surface area contributed by atoms with E-state index in [1.54, 1.807) is 63.5 Å². The molecule has 2 heterocycles. The smallest absolute Gasteiger partial charge is 0.251 e. The summed E-state index contributed by atoms with van der Waals surface area (Å²) in [5, 5.41) is 11.1. The molecule has 0 aliphatic carbocycles. The largest absolute Gasteiger partial charge is 0.496 e. The van der Waals surface area contributed by atoms with Crippen LogP contribution in [0.4, 0.5) is 5.69 Å². The minimum absolute atomic E-state index is 0.256. The minimum atomic E-state index is -0.256. The van der Waals surface area contributed by atoms with Crippen molar-refractivity contribution in [3.8, 4) is 17.2 Å². The van der Waals surface area contributed by atoms with Crippen molar-refractivity contribution in [2.75, 3.05) is 26.6 Å². The Balaban J connectivity index is 1.75. The number of carbonyl (C=O) groups is 1. The second-order valence-corrected chi connectivity index (χ2v) is 6.96. The second kappa shape index (κ2) is 9.38. The maximum absolute atomic E-state index is 12.7. The minimum Gasteiger partial charge on any atom is -0.496 e. The molecule has 0 bridgehead atoms. The molecule has 0 radical (unpaired) electrons. The molecule has 2 aromatic heterocycles. The molecule has 1 N–H and O–H groups in total. The van der Waals surface area contributed by atoms with Crippen LogP contribution in [0.3, 0.4) is 0 Å². The number of nitrogens with zero attached hydrogens (tertiary/aromatic N) is 3. The Bertz CT molecular complexity index is 1090. The van der Waals surface area contributed by atoms with Crippen molar-refractivity contribution in [2.45, 2.75) is 27.3 Å². The predicted octanol–water partition coefficient (Wildman–Crippen LogP) is 3.60. The number of hydrogen-bond acceptors (Lipinski definition) is 7. The van der Waals surface area contributed by atoms with Gasteiger partial charge < -0.3 is 24.1 Å². The lowest BCUT2D eigenvalue weighted by molar-refractivity contribution is -0.112. The van der Waals surface area contributed by atoms with Crippen molar-refractivity contribution in [3.63, 3.8) is 0 Å². The van der Waals surface area contributed by atoms with Crippen LogP contribution in [0.1, 0.15) is 29.5 Å². The summed E-state index contributed by atoms with van der Waals surface area (Å²) in [4.78, 5) is 12.7. The normalized spacial score (nSPS) is 11.4. The molecule has 0 spiro atoms. The SMILES string of the molecule is COc1cc(OC)c(OC)cc1C=C(C)C(=O)Nc1cnn(Cc2c(C)noc2C)c1. The number of nitrogens with one attached hydrogen (secondary N) is 1. The van der Waals surface area contributed by atoms with Gasteiger partial charge in [0.1, 0.15) is 11.5 Å². The molecular weight excluding hydrogens is 400 g/mol. The van der Waals surface area contributed by atoms with Gasteiger partial charge in [0, 0.05) is 29.0 Å². The molecule has 9 nitrogen and oxygen atoms in total. The van der Waals surface area contributed by atoms with Crippen molar-refractivity contribution >= 4 is 17.7 Å². The standard InChI is InChI=1S/C22H26N4O5/c1-13(7-16-8-20(29-5)21(30-6)9-19(16)28-4)22(27)24-17-10-23-26(11-17)12-18-14(2)25-31-15(18)3/h7-11H,12H2,1-6H3,(H,24,27). The van der Waals surface area contributed by atoms with Gasteiger partial charge in [-0.25, -0.2) is 0 Å². The highest BCUT2D eigenvalue weighted by molar-refractivity contribution is 6.06. The summed E-state index contributed by atoms with van der Waals surface area (Å²) in [6.45, 7) is 5.97. The van der Waals surface area contributed by atoms with Gasteiger partial charge in [0.25, 0.3) is 5.91 Å². The lowest BCUT2D eigenvalue weighted by Crippen LogP contribution is -2.12. The van der Waals surface area contributed by atoms with Gasteiger partial charge in [-0.2, -0.15) is 5.10 Å². The lowest BCUT2D eigenvalue weighted by Gasteiger charge is -2.12. The maximum atomic E-state index is 12.7. The highest BCUT2D eigenvalue weighted by atomic mass is 16.5. The highest BCUT2D eigenvalue weighted by Gasteiger charge is 2.14. The summed E-state index contributed by atoms with van der Waals surface area (Å²) in [7, 11) is 4.66. The fourth-order valence-corrected chi connectivity index (χ4v) is 3.10. The number of amides is 1. The topological polar surface area (TPSA) is 101 Å². The van der Waals surface area contributed by atoms with Gasteiger partial charge in [0.2, 0.25) is 0 Å². The Labute approximate surface area is 180 Å². The van der Waals surface area contributed by atoms with Gasteiger partial charge in [-0.15, -0.1) is 0 Å². The molecule has 3 aromatic rings. The van der Waals surface area contributed by atoms with Crippen LogP contribution < -0.4 is 19.5 Å². The third-order valence-corrected chi connectivity index (χ3v) is 4.86. The Morgan fingerprint density at radius 3 is 2.42 bits per heavy atom. The van der Waals surface area contributed by atoms with E-state index in [2.05, 4.69) is 15.6 Å². The van der Waals surface area contributed by atoms with Gasteiger partial charge in [0.15, 0.2) is 11.5 Å². The molecule has 31 heavy (non-hydrogen) atoms. The highest BCUT2D eigenvalue weighted by Crippen LogP contribution is 2.35. The third-order valence-electron chi connectivity index (χ3n) is 4.86. The average Bonchev–Trinajstić information content (AvgIpc) is 3.34. The van der Waals surface area contributed by atoms with E-state index in [0.717, 1.165) is 17.0 Å². The summed E-state index contributed by atoms with van der Waals surface area (Å²) in [5.41, 5.74) is 3.56. The Morgan fingerprint density at radius 1 is 1.13 bits per heavy atom. The zero-order chi connectivity index (χ0) is 22.5. The van der Waals surface area contributed by atoms with Crippen LogP contribution in [0.5, 0.6) is 17.2 Å². The molecule has 0 fully saturated rings. The zero-order valence-corrected chi connectivity index (χ0v) is 18.5. The van der Waals surface area contributed by atoms with Crippen LogP contribution >= 0.6 is 0 Å². The van der Waals surface area contributed by atoms with E-state index in [9.17, 15) is 4.79 Å². The number of hydrogen-bond donors (Lipinski definition) is 1. The van der Waals surface area contributed by atoms with Crippen LogP contribution in [0.25, 0.3) is 6.08 Å². The van der Waals surface area contributed by atoms with Crippen LogP contribution in [0.15, 0.2) is 34.6 Å². The molecule has 9 heteroatoms. The van der Waals surface area contributed by atoms with Crippen molar-refractivity contribution in [2.24, 2.45) is 0 Å². The van der Waals surface area contributed by atoms with Crippen LogP contribution in [-0.2, 0) is 11.3 Å². The molecule has 0 aliphatic heterocycles. The van der Waals surface area contributed by atoms with Gasteiger partial charge in [0.05, 0.1) is 45.5 Å². The van der Waals surface area contributed by atoms with Crippen LogP contribution in [0, 0.1) is 13.8 Å². The van der Waals surface area contributed by atoms with E-state index >= 15 is 0 Å². The summed E-state index contributed by atoms with van der Waals surface area (Å²) in [6, 6.07) is 3.48. The van der Waals surface area contributed by atoms with E-state index in [1.807, 2.05) is 13.8 Å². The summed E-state index contributed by atoms with van der Waals surface area (Å²) in [6.07, 6.45) is 5.08. The zero-order valence-electron chi connectivity index (χ0n) is 18.5. The number of aromatic nitrogens is 3. The molecule has 0 unspecified atom stereocenters. The first-order valence-electron chi connectivity index (χ1n) is 9.60. The molecule has 0 saturated carbocycles. The number of methoxy groups -OCH3 is 3. The Morgan fingerprint density at radius 2 is 1.81 bits per heavy atom. The Hall–Kier alpha value is -3.75. The van der Waals surface area contributed by atoms with Gasteiger partial charge in [-0.1, -0.05) is 5.16 Å². The fraction of sp³-hybridized carbons (Fsp3) is 0.318. The van der Waals surface area contributed by atoms with Crippen LogP contribution in [-0.4, -0.2) is 42.2 Å². The average molecular weight is 426 g/mol. The number of aryl methyl sites for hydroxylation is 2. The number of carbonyl (C=O) groups excluding carboxylic acids is 1. The number of benzene rings is 1. The maximum Gasteiger partial charge on any atom is 0.251 e. The van der Waals surface area contributed by atoms with Crippen molar-refractivity contribution in [1.29, 1.82) is 0 Å². The molecular formula is C22H26N4O5. The van der Waals surface area contributed by atoms with E-state index in [0.29, 0.717) is 40.6 Å². The van der Waals surface area contributed by atoms with Gasteiger partial charge in [-0.3, -0.25) is 9.48 Å². The third kappa shape index (κ3) is 4.88. The number of rotatable bonds is 8. The monoisotopic (exact) mass is 426 g/mol. The van der Waals surface area contributed by atoms with Crippen molar-refractivity contribution in [1.82, 2.24) is 14.9 Å². The first kappa shape index (κ1) is 21.9. The fourth-order valence-electron chi connectivity index (χ4n) is 3.10. The van der Waals surface area contributed by atoms with Crippen LogP contribution in [0.2, 0.25) is 0 Å². The van der Waals surface area contributed by atoms with Crippen molar-refractivity contribution < 1.29 is 23.5 Å². The first-order valence-corrected chi connectivity index (χ1v) is 9.60. The molecule has 3 rings (SSSR count). The van der Waals surface area contributed by atoms with E-state index < -0.39 is 0 Å². The van der Waals surface area contributed by atoms with Crippen molar-refractivity contribution in [3.05, 3.63) is 52.7 Å². The molecule has 164 valence electrons. The summed E-state index contributed by atoms with van der Waals surface area (Å²) < 4.78 is 23.0.